The van der Waals surface area contributed by atoms with E-state index in [-0.39, 0.29) is 18.0 Å². The van der Waals surface area contributed by atoms with Crippen molar-refractivity contribution in [3.63, 3.8) is 0 Å². The average Bonchev–Trinajstić information content (AvgIpc) is 2.39. The molecule has 0 bridgehead atoms. The Hall–Kier alpha value is -1.30. The summed E-state index contributed by atoms with van der Waals surface area (Å²) in [6.45, 7) is 9.89. The molecule has 0 spiro atoms. The lowest BCUT2D eigenvalue weighted by atomic mass is 10.2. The van der Waals surface area contributed by atoms with Gasteiger partial charge in [0.1, 0.15) is 6.61 Å². The van der Waals surface area contributed by atoms with Gasteiger partial charge in [-0.1, -0.05) is 13.8 Å². The van der Waals surface area contributed by atoms with E-state index >= 15 is 0 Å². The molecule has 0 atom stereocenters. The zero-order valence-electron chi connectivity index (χ0n) is 12.1. The van der Waals surface area contributed by atoms with Crippen molar-refractivity contribution in [2.45, 2.75) is 20.8 Å². The quantitative estimate of drug-likeness (QED) is 0.698. The Kier molecular flexibility index (Phi) is 6.62. The van der Waals surface area contributed by atoms with Gasteiger partial charge in [0.05, 0.1) is 12.5 Å². The molecule has 0 saturated carbocycles. The summed E-state index contributed by atoms with van der Waals surface area (Å²) in [5.74, 6) is -0.245. The number of hydrogen-bond donors (Lipinski definition) is 0. The minimum Gasteiger partial charge on any atom is -0.464 e. The number of carbonyl (C=O) groups is 2. The van der Waals surface area contributed by atoms with E-state index in [4.69, 9.17) is 9.47 Å². The van der Waals surface area contributed by atoms with Gasteiger partial charge >= 0.3 is 12.1 Å². The summed E-state index contributed by atoms with van der Waals surface area (Å²) in [4.78, 5) is 26.7. The molecule has 1 aliphatic rings. The van der Waals surface area contributed by atoms with Crippen molar-refractivity contribution in [1.82, 2.24) is 9.80 Å². The SMILES string of the molecule is CCOC(=O)N1CCN(CCOC(=O)C(C)C)CC1. The van der Waals surface area contributed by atoms with Gasteiger partial charge in [0.2, 0.25) is 0 Å². The molecule has 1 amide bonds. The molecular weight excluding hydrogens is 248 g/mol. The molecule has 6 heteroatoms. The fourth-order valence-corrected chi connectivity index (χ4v) is 1.81. The van der Waals surface area contributed by atoms with E-state index in [0.29, 0.717) is 26.3 Å². The first-order valence-electron chi connectivity index (χ1n) is 6.85. The van der Waals surface area contributed by atoms with Crippen LogP contribution < -0.4 is 0 Å². The molecule has 1 heterocycles. The molecule has 1 fully saturated rings. The molecule has 19 heavy (non-hydrogen) atoms. The van der Waals surface area contributed by atoms with Crippen LogP contribution in [-0.4, -0.2) is 67.8 Å². The lowest BCUT2D eigenvalue weighted by molar-refractivity contribution is -0.147. The Labute approximate surface area is 114 Å². The minimum atomic E-state index is -0.242. The Morgan fingerprint density at radius 1 is 1.11 bits per heavy atom. The van der Waals surface area contributed by atoms with E-state index in [1.165, 1.54) is 0 Å². The number of nitrogens with zero attached hydrogens (tertiary/aromatic N) is 2. The number of rotatable bonds is 5. The first kappa shape index (κ1) is 15.8. The normalized spacial score (nSPS) is 16.5. The maximum Gasteiger partial charge on any atom is 0.409 e. The predicted molar refractivity (Wildman–Crippen MR) is 70.8 cm³/mol. The molecule has 1 saturated heterocycles. The number of piperazine rings is 1. The monoisotopic (exact) mass is 272 g/mol. The van der Waals surface area contributed by atoms with Crippen LogP contribution in [0.15, 0.2) is 0 Å². The lowest BCUT2D eigenvalue weighted by Gasteiger charge is -2.33. The summed E-state index contributed by atoms with van der Waals surface area (Å²) in [6.07, 6.45) is -0.242. The maximum absolute atomic E-state index is 11.5. The zero-order chi connectivity index (χ0) is 14.3. The van der Waals surface area contributed by atoms with Crippen LogP contribution in [0.1, 0.15) is 20.8 Å². The first-order valence-corrected chi connectivity index (χ1v) is 6.85. The van der Waals surface area contributed by atoms with Gasteiger partial charge in [-0.15, -0.1) is 0 Å². The second kappa shape index (κ2) is 7.99. The Bertz CT molecular complexity index is 299. The van der Waals surface area contributed by atoms with Crippen molar-refractivity contribution in [1.29, 1.82) is 0 Å². The molecule has 0 N–H and O–H groups in total. The topological polar surface area (TPSA) is 59.1 Å². The Morgan fingerprint density at radius 2 is 1.74 bits per heavy atom. The van der Waals surface area contributed by atoms with Crippen LogP contribution >= 0.6 is 0 Å². The Morgan fingerprint density at radius 3 is 2.26 bits per heavy atom. The van der Waals surface area contributed by atoms with Crippen LogP contribution in [0, 0.1) is 5.92 Å². The van der Waals surface area contributed by atoms with E-state index in [0.717, 1.165) is 19.6 Å². The highest BCUT2D eigenvalue weighted by atomic mass is 16.6. The second-order valence-electron chi connectivity index (χ2n) is 4.85. The largest absolute Gasteiger partial charge is 0.464 e. The van der Waals surface area contributed by atoms with Crippen molar-refractivity contribution >= 4 is 12.1 Å². The van der Waals surface area contributed by atoms with Crippen LogP contribution in [0.25, 0.3) is 0 Å². The third kappa shape index (κ3) is 5.46. The van der Waals surface area contributed by atoms with Gasteiger partial charge in [0.25, 0.3) is 0 Å². The molecule has 110 valence electrons. The van der Waals surface area contributed by atoms with E-state index in [2.05, 4.69) is 4.90 Å². The molecule has 0 aliphatic carbocycles. The molecular formula is C13H24N2O4. The van der Waals surface area contributed by atoms with Crippen LogP contribution in [0.4, 0.5) is 4.79 Å². The summed E-state index contributed by atoms with van der Waals surface area (Å²) in [5, 5.41) is 0. The number of amides is 1. The lowest BCUT2D eigenvalue weighted by Crippen LogP contribution is -2.49. The number of esters is 1. The van der Waals surface area contributed by atoms with Gasteiger partial charge in [-0.3, -0.25) is 9.69 Å². The fourth-order valence-electron chi connectivity index (χ4n) is 1.81. The minimum absolute atomic E-state index is 0.0827. The van der Waals surface area contributed by atoms with Gasteiger partial charge in [-0.25, -0.2) is 4.79 Å². The highest BCUT2D eigenvalue weighted by molar-refractivity contribution is 5.71. The van der Waals surface area contributed by atoms with Crippen molar-refractivity contribution < 1.29 is 19.1 Å². The zero-order valence-corrected chi connectivity index (χ0v) is 12.1. The number of ether oxygens (including phenoxy) is 2. The van der Waals surface area contributed by atoms with Gasteiger partial charge in [0, 0.05) is 32.7 Å². The third-order valence-electron chi connectivity index (χ3n) is 3.02. The third-order valence-corrected chi connectivity index (χ3v) is 3.02. The van der Waals surface area contributed by atoms with Crippen LogP contribution in [0.2, 0.25) is 0 Å². The summed E-state index contributed by atoms with van der Waals surface area (Å²) in [7, 11) is 0. The van der Waals surface area contributed by atoms with Crippen LogP contribution in [0.3, 0.4) is 0 Å². The predicted octanol–water partition coefficient (Wildman–Crippen LogP) is 0.960. The number of carbonyl (C=O) groups excluding carboxylic acids is 2. The van der Waals surface area contributed by atoms with E-state index in [1.54, 1.807) is 11.8 Å². The molecule has 0 radical (unpaired) electrons. The van der Waals surface area contributed by atoms with Gasteiger partial charge in [0.15, 0.2) is 0 Å². The molecule has 0 unspecified atom stereocenters. The highest BCUT2D eigenvalue weighted by Crippen LogP contribution is 2.04. The van der Waals surface area contributed by atoms with Crippen LogP contribution in [-0.2, 0) is 14.3 Å². The average molecular weight is 272 g/mol. The van der Waals surface area contributed by atoms with Crippen molar-refractivity contribution in [2.75, 3.05) is 45.9 Å². The van der Waals surface area contributed by atoms with Crippen molar-refractivity contribution in [3.8, 4) is 0 Å². The second-order valence-corrected chi connectivity index (χ2v) is 4.85. The molecule has 0 aromatic heterocycles. The number of hydrogen-bond acceptors (Lipinski definition) is 5. The Balaban J connectivity index is 2.16. The van der Waals surface area contributed by atoms with E-state index in [9.17, 15) is 9.59 Å². The molecule has 6 nitrogen and oxygen atoms in total. The summed E-state index contributed by atoms with van der Waals surface area (Å²) < 4.78 is 10.1. The van der Waals surface area contributed by atoms with E-state index < -0.39 is 0 Å². The molecule has 0 aromatic carbocycles. The van der Waals surface area contributed by atoms with E-state index in [1.807, 2.05) is 13.8 Å². The van der Waals surface area contributed by atoms with Crippen molar-refractivity contribution in [2.24, 2.45) is 5.92 Å². The summed E-state index contributed by atoms with van der Waals surface area (Å²) in [6, 6.07) is 0. The first-order chi connectivity index (χ1) is 9.04. The summed E-state index contributed by atoms with van der Waals surface area (Å²) >= 11 is 0. The van der Waals surface area contributed by atoms with Crippen molar-refractivity contribution in [3.05, 3.63) is 0 Å². The molecule has 0 aromatic rings. The van der Waals surface area contributed by atoms with Gasteiger partial charge < -0.3 is 14.4 Å². The summed E-state index contributed by atoms with van der Waals surface area (Å²) in [5.41, 5.74) is 0. The van der Waals surface area contributed by atoms with Crippen LogP contribution in [0.5, 0.6) is 0 Å². The smallest absolute Gasteiger partial charge is 0.409 e. The highest BCUT2D eigenvalue weighted by Gasteiger charge is 2.21. The molecule has 1 rings (SSSR count). The standard InChI is InChI=1S/C13H24N2O4/c1-4-18-13(17)15-7-5-14(6-8-15)9-10-19-12(16)11(2)3/h11H,4-10H2,1-3H3. The van der Waals surface area contributed by atoms with Gasteiger partial charge in [-0.2, -0.15) is 0 Å². The maximum atomic E-state index is 11.5. The van der Waals surface area contributed by atoms with Gasteiger partial charge in [-0.05, 0) is 6.92 Å². The fraction of sp³-hybridized carbons (Fsp3) is 0.846. The molecule has 1 aliphatic heterocycles.